The number of anilines is 3. The molecule has 0 spiro atoms. The van der Waals surface area contributed by atoms with Crippen LogP contribution in [0.4, 0.5) is 17.1 Å². The molecule has 4 heteroatoms. The first-order chi connectivity index (χ1) is 23.6. The predicted molar refractivity (Wildman–Crippen MR) is 204 cm³/mol. The second kappa shape index (κ2) is 9.21. The molecule has 10 aromatic rings. The SMILES string of the molecule is CC1(C)c2ccccc2-c2ccc(N(c3ccc4ccccc4c3)c3ccc4c(c3)c3cc5ncsc5c5c6ccccc6n4c35)cc21. The van der Waals surface area contributed by atoms with Crippen LogP contribution in [0.3, 0.4) is 0 Å². The molecule has 0 atom stereocenters. The second-order valence-electron chi connectivity index (χ2n) is 13.7. The summed E-state index contributed by atoms with van der Waals surface area (Å²) < 4.78 is 3.73. The van der Waals surface area contributed by atoms with Crippen LogP contribution in [0.5, 0.6) is 0 Å². The van der Waals surface area contributed by atoms with Crippen LogP contribution in [0.2, 0.25) is 0 Å². The largest absolute Gasteiger partial charge is 0.310 e. The van der Waals surface area contributed by atoms with Gasteiger partial charge in [0.25, 0.3) is 0 Å². The molecule has 7 aromatic carbocycles. The van der Waals surface area contributed by atoms with Crippen molar-refractivity contribution in [2.24, 2.45) is 0 Å². The highest BCUT2D eigenvalue weighted by Crippen LogP contribution is 2.51. The fourth-order valence-corrected chi connectivity index (χ4v) is 9.43. The topological polar surface area (TPSA) is 20.5 Å². The third-order valence-corrected chi connectivity index (χ3v) is 11.7. The van der Waals surface area contributed by atoms with Gasteiger partial charge in [0, 0.05) is 44.0 Å². The van der Waals surface area contributed by atoms with Gasteiger partial charge in [-0.25, -0.2) is 4.98 Å². The predicted octanol–water partition coefficient (Wildman–Crippen LogP) is 12.4. The minimum absolute atomic E-state index is 0.0892. The zero-order chi connectivity index (χ0) is 31.7. The molecule has 0 fully saturated rings. The van der Waals surface area contributed by atoms with Gasteiger partial charge in [-0.1, -0.05) is 92.7 Å². The molecule has 3 aromatic heterocycles. The van der Waals surface area contributed by atoms with Crippen LogP contribution in [-0.4, -0.2) is 9.38 Å². The first-order valence-electron chi connectivity index (χ1n) is 16.5. The molecule has 0 radical (unpaired) electrons. The highest BCUT2D eigenvalue weighted by Gasteiger charge is 2.35. The summed E-state index contributed by atoms with van der Waals surface area (Å²) in [6.45, 7) is 4.71. The quantitative estimate of drug-likeness (QED) is 0.193. The molecule has 3 heterocycles. The van der Waals surface area contributed by atoms with Gasteiger partial charge in [0.1, 0.15) is 0 Å². The lowest BCUT2D eigenvalue weighted by molar-refractivity contribution is 0.660. The number of hydrogen-bond acceptors (Lipinski definition) is 3. The summed E-state index contributed by atoms with van der Waals surface area (Å²) in [5.41, 5.74) is 15.6. The smallest absolute Gasteiger partial charge is 0.0826 e. The molecular weight excluding hydrogens is 603 g/mol. The normalized spacial score (nSPS) is 13.8. The van der Waals surface area contributed by atoms with E-state index in [1.807, 2.05) is 5.51 Å². The van der Waals surface area contributed by atoms with Crippen molar-refractivity contribution in [3.8, 4) is 11.1 Å². The number of para-hydroxylation sites is 1. The van der Waals surface area contributed by atoms with Crippen molar-refractivity contribution in [3.63, 3.8) is 0 Å². The Hall–Kier alpha value is -5.71. The summed E-state index contributed by atoms with van der Waals surface area (Å²) in [7, 11) is 0. The minimum Gasteiger partial charge on any atom is -0.310 e. The van der Waals surface area contributed by atoms with Crippen molar-refractivity contribution in [1.82, 2.24) is 9.38 Å². The first-order valence-corrected chi connectivity index (χ1v) is 17.4. The summed E-state index contributed by atoms with van der Waals surface area (Å²) in [5, 5.41) is 7.57. The molecule has 0 aliphatic heterocycles. The van der Waals surface area contributed by atoms with E-state index in [9.17, 15) is 0 Å². The Morgan fingerprint density at radius 1 is 0.583 bits per heavy atom. The lowest BCUT2D eigenvalue weighted by atomic mass is 9.82. The number of hydrogen-bond donors (Lipinski definition) is 0. The van der Waals surface area contributed by atoms with Crippen LogP contribution in [0.25, 0.3) is 70.2 Å². The molecule has 0 saturated carbocycles. The Labute approximate surface area is 281 Å². The van der Waals surface area contributed by atoms with Gasteiger partial charge >= 0.3 is 0 Å². The minimum atomic E-state index is -0.0892. The Kier molecular flexibility index (Phi) is 5.06. The highest BCUT2D eigenvalue weighted by atomic mass is 32.1. The third-order valence-electron chi connectivity index (χ3n) is 10.8. The standard InChI is InChI=1S/C44H29N3S/c1-44(2)36-13-7-5-11-31(36)32-19-17-30(23-37(32)44)46(28-16-15-26-9-3-4-10-27(26)21-28)29-18-20-40-34(22-29)35-24-38-43(48-25-45-38)41-33-12-6-8-14-39(33)47(40)42(35)41/h3-25H,1-2H3. The van der Waals surface area contributed by atoms with Gasteiger partial charge in [-0.05, 0) is 87.6 Å². The molecule has 0 bridgehead atoms. The van der Waals surface area contributed by atoms with Crippen molar-refractivity contribution in [3.05, 3.63) is 150 Å². The maximum absolute atomic E-state index is 4.80. The van der Waals surface area contributed by atoms with E-state index in [1.165, 1.54) is 75.8 Å². The van der Waals surface area contributed by atoms with E-state index in [0.29, 0.717) is 0 Å². The van der Waals surface area contributed by atoms with Crippen molar-refractivity contribution in [2.45, 2.75) is 19.3 Å². The van der Waals surface area contributed by atoms with Gasteiger partial charge in [-0.15, -0.1) is 11.3 Å². The summed E-state index contributed by atoms with van der Waals surface area (Å²) in [6.07, 6.45) is 0. The molecular formula is C44H29N3S. The summed E-state index contributed by atoms with van der Waals surface area (Å²) >= 11 is 1.74. The zero-order valence-corrected chi connectivity index (χ0v) is 27.3. The molecule has 48 heavy (non-hydrogen) atoms. The van der Waals surface area contributed by atoms with Crippen LogP contribution in [0.15, 0.2) is 139 Å². The first kappa shape index (κ1) is 26.4. The van der Waals surface area contributed by atoms with Crippen molar-refractivity contribution in [1.29, 1.82) is 0 Å². The van der Waals surface area contributed by atoms with Gasteiger partial charge in [-0.2, -0.15) is 0 Å². The lowest BCUT2D eigenvalue weighted by Gasteiger charge is -2.28. The molecule has 11 rings (SSSR count). The van der Waals surface area contributed by atoms with Crippen LogP contribution < -0.4 is 4.90 Å². The Bertz CT molecular complexity index is 2940. The van der Waals surface area contributed by atoms with Gasteiger partial charge in [0.15, 0.2) is 0 Å². The van der Waals surface area contributed by atoms with Crippen molar-refractivity contribution in [2.75, 3.05) is 4.90 Å². The average Bonchev–Trinajstić information content (AvgIpc) is 3.86. The lowest BCUT2D eigenvalue weighted by Crippen LogP contribution is -2.16. The van der Waals surface area contributed by atoms with E-state index >= 15 is 0 Å². The van der Waals surface area contributed by atoms with Gasteiger partial charge in [0.2, 0.25) is 0 Å². The number of fused-ring (bicyclic) bond motifs is 12. The Balaban J connectivity index is 1.20. The number of aromatic nitrogens is 2. The van der Waals surface area contributed by atoms with Gasteiger partial charge < -0.3 is 9.30 Å². The van der Waals surface area contributed by atoms with E-state index < -0.39 is 0 Å². The van der Waals surface area contributed by atoms with Crippen molar-refractivity contribution < 1.29 is 0 Å². The van der Waals surface area contributed by atoms with E-state index in [0.717, 1.165) is 22.6 Å². The van der Waals surface area contributed by atoms with Gasteiger partial charge in [0.05, 0.1) is 32.3 Å². The Morgan fingerprint density at radius 2 is 1.29 bits per heavy atom. The fraction of sp³-hybridized carbons (Fsp3) is 0.0682. The van der Waals surface area contributed by atoms with Gasteiger partial charge in [-0.3, -0.25) is 0 Å². The number of nitrogens with zero attached hydrogens (tertiary/aromatic N) is 3. The Morgan fingerprint density at radius 3 is 2.23 bits per heavy atom. The van der Waals surface area contributed by atoms with Crippen LogP contribution in [0, 0.1) is 0 Å². The van der Waals surface area contributed by atoms with Crippen LogP contribution >= 0.6 is 11.3 Å². The number of rotatable bonds is 3. The molecule has 0 N–H and O–H groups in total. The maximum atomic E-state index is 4.80. The average molecular weight is 632 g/mol. The van der Waals surface area contributed by atoms with E-state index in [4.69, 9.17) is 4.98 Å². The molecule has 0 unspecified atom stereocenters. The van der Waals surface area contributed by atoms with E-state index in [-0.39, 0.29) is 5.41 Å². The summed E-state index contributed by atoms with van der Waals surface area (Å²) in [4.78, 5) is 7.25. The molecule has 1 aliphatic carbocycles. The van der Waals surface area contributed by atoms with E-state index in [1.54, 1.807) is 11.3 Å². The molecule has 0 amide bonds. The van der Waals surface area contributed by atoms with Crippen LogP contribution in [-0.2, 0) is 5.41 Å². The second-order valence-corrected chi connectivity index (χ2v) is 14.5. The van der Waals surface area contributed by atoms with Crippen LogP contribution in [0.1, 0.15) is 25.0 Å². The number of benzene rings is 7. The monoisotopic (exact) mass is 631 g/mol. The molecule has 1 aliphatic rings. The summed E-state index contributed by atoms with van der Waals surface area (Å²) in [6, 6.07) is 49.5. The highest BCUT2D eigenvalue weighted by molar-refractivity contribution is 7.18. The maximum Gasteiger partial charge on any atom is 0.0826 e. The zero-order valence-electron chi connectivity index (χ0n) is 26.5. The fourth-order valence-electron chi connectivity index (χ4n) is 8.60. The molecule has 226 valence electrons. The third kappa shape index (κ3) is 3.35. The van der Waals surface area contributed by atoms with Crippen molar-refractivity contribution >= 4 is 87.5 Å². The van der Waals surface area contributed by atoms with E-state index in [2.05, 4.69) is 157 Å². The summed E-state index contributed by atoms with van der Waals surface area (Å²) in [5.74, 6) is 0. The molecule has 0 saturated heterocycles. The number of thiazole rings is 1. The molecule has 3 nitrogen and oxygen atoms in total.